The van der Waals surface area contributed by atoms with E-state index in [0.29, 0.717) is 6.54 Å². The van der Waals surface area contributed by atoms with Gasteiger partial charge in [-0.1, -0.05) is 25.1 Å². The molecular weight excluding hydrogens is 406 g/mol. The summed E-state index contributed by atoms with van der Waals surface area (Å²) in [6.07, 6.45) is 5.52. The van der Waals surface area contributed by atoms with Crippen molar-refractivity contribution < 1.29 is 4.79 Å². The second-order valence-electron chi connectivity index (χ2n) is 8.17. The maximum absolute atomic E-state index is 12.8. The van der Waals surface area contributed by atoms with Crippen LogP contribution in [0.4, 0.5) is 11.5 Å². The fraction of sp³-hybridized carbons (Fsp3) is 0.458. The Kier molecular flexibility index (Phi) is 7.02. The van der Waals surface area contributed by atoms with Gasteiger partial charge in [0.05, 0.1) is 11.3 Å². The number of hydrogen-bond donors (Lipinski definition) is 1. The number of anilines is 2. The number of aryl methyl sites for hydroxylation is 1. The number of piperidine rings is 1. The summed E-state index contributed by atoms with van der Waals surface area (Å²) in [5.41, 5.74) is 1.20. The summed E-state index contributed by atoms with van der Waals surface area (Å²) in [5, 5.41) is 4.28. The van der Waals surface area contributed by atoms with E-state index in [0.717, 1.165) is 61.4 Å². The first-order chi connectivity index (χ1) is 15.2. The molecule has 31 heavy (non-hydrogen) atoms. The first-order valence-corrected chi connectivity index (χ1v) is 12.0. The number of benzene rings is 1. The van der Waals surface area contributed by atoms with E-state index in [1.807, 2.05) is 18.2 Å². The minimum atomic E-state index is 0.00917. The number of fused-ring (bicyclic) bond motifs is 1. The first-order valence-electron chi connectivity index (χ1n) is 11.2. The molecule has 1 aromatic carbocycles. The number of thiophene rings is 1. The average Bonchev–Trinajstić information content (AvgIpc) is 3.26. The van der Waals surface area contributed by atoms with E-state index in [9.17, 15) is 4.79 Å². The van der Waals surface area contributed by atoms with Crippen LogP contribution >= 0.6 is 11.3 Å². The molecule has 0 bridgehead atoms. The number of para-hydroxylation sites is 1. The Morgan fingerprint density at radius 3 is 2.94 bits per heavy atom. The molecule has 1 atom stereocenters. The second kappa shape index (κ2) is 10.1. The van der Waals surface area contributed by atoms with E-state index >= 15 is 0 Å². The Labute approximate surface area is 188 Å². The smallest absolute Gasteiger partial charge is 0.224 e. The van der Waals surface area contributed by atoms with Crippen LogP contribution in [0.15, 0.2) is 42.7 Å². The molecule has 4 rings (SSSR count). The number of amides is 1. The lowest BCUT2D eigenvalue weighted by Crippen LogP contribution is -2.44. The van der Waals surface area contributed by atoms with Crippen molar-refractivity contribution in [3.8, 4) is 0 Å². The SMILES string of the molecule is CCc1cc2c(N3CCC[C@H](C(=O)NCCCN(C)c4ccccc4)C3)ncnc2s1. The van der Waals surface area contributed by atoms with Crippen LogP contribution < -0.4 is 15.1 Å². The molecule has 1 fully saturated rings. The molecule has 3 heterocycles. The molecule has 7 heteroatoms. The molecule has 2 aromatic heterocycles. The zero-order chi connectivity index (χ0) is 21.6. The van der Waals surface area contributed by atoms with Crippen LogP contribution in [0.1, 0.15) is 31.1 Å². The van der Waals surface area contributed by atoms with Crippen LogP contribution in [0.25, 0.3) is 10.2 Å². The third-order valence-corrected chi connectivity index (χ3v) is 7.15. The Hall–Kier alpha value is -2.67. The van der Waals surface area contributed by atoms with Crippen LogP contribution in [0, 0.1) is 5.92 Å². The molecule has 0 aliphatic carbocycles. The first kappa shape index (κ1) is 21.6. The van der Waals surface area contributed by atoms with Crippen molar-refractivity contribution >= 4 is 39.0 Å². The average molecular weight is 438 g/mol. The highest BCUT2D eigenvalue weighted by atomic mass is 32.1. The van der Waals surface area contributed by atoms with E-state index in [1.54, 1.807) is 17.7 Å². The minimum absolute atomic E-state index is 0.00917. The summed E-state index contributed by atoms with van der Waals surface area (Å²) in [5.74, 6) is 1.15. The van der Waals surface area contributed by atoms with Gasteiger partial charge < -0.3 is 15.1 Å². The Balaban J connectivity index is 1.30. The summed E-state index contributed by atoms with van der Waals surface area (Å²) in [6.45, 7) is 5.44. The maximum Gasteiger partial charge on any atom is 0.224 e. The molecule has 1 aliphatic heterocycles. The van der Waals surface area contributed by atoms with Crippen LogP contribution in [0.3, 0.4) is 0 Å². The van der Waals surface area contributed by atoms with Gasteiger partial charge in [0, 0.05) is 43.8 Å². The van der Waals surface area contributed by atoms with Crippen LogP contribution in [0.2, 0.25) is 0 Å². The molecule has 164 valence electrons. The highest BCUT2D eigenvalue weighted by Crippen LogP contribution is 2.32. The highest BCUT2D eigenvalue weighted by Gasteiger charge is 2.27. The molecule has 1 N–H and O–H groups in total. The van der Waals surface area contributed by atoms with Gasteiger partial charge in [-0.2, -0.15) is 0 Å². The molecule has 1 aliphatic rings. The molecule has 3 aromatic rings. The predicted molar refractivity (Wildman–Crippen MR) is 129 cm³/mol. The fourth-order valence-electron chi connectivity index (χ4n) is 4.19. The number of aromatic nitrogens is 2. The lowest BCUT2D eigenvalue weighted by Gasteiger charge is -2.33. The summed E-state index contributed by atoms with van der Waals surface area (Å²) < 4.78 is 0. The maximum atomic E-state index is 12.8. The molecule has 6 nitrogen and oxygen atoms in total. The Bertz CT molecular complexity index is 1010. The molecule has 0 radical (unpaired) electrons. The van der Waals surface area contributed by atoms with E-state index in [2.05, 4.69) is 57.3 Å². The lowest BCUT2D eigenvalue weighted by molar-refractivity contribution is -0.125. The zero-order valence-electron chi connectivity index (χ0n) is 18.4. The van der Waals surface area contributed by atoms with Crippen LogP contribution in [-0.2, 0) is 11.2 Å². The van der Waals surface area contributed by atoms with Crippen LogP contribution in [0.5, 0.6) is 0 Å². The molecule has 0 spiro atoms. The number of carbonyl (C=O) groups excluding carboxylic acids is 1. The second-order valence-corrected chi connectivity index (χ2v) is 9.28. The third-order valence-electron chi connectivity index (χ3n) is 5.97. The van der Waals surface area contributed by atoms with Gasteiger partial charge >= 0.3 is 0 Å². The molecule has 1 saturated heterocycles. The molecule has 1 amide bonds. The number of nitrogens with one attached hydrogen (secondary N) is 1. The van der Waals surface area contributed by atoms with Crippen molar-refractivity contribution in [2.75, 3.05) is 43.0 Å². The standard InChI is InChI=1S/C24H31N5OS/c1-3-20-15-21-22(26-17-27-24(21)31-20)29-14-7-9-18(16-29)23(30)25-12-8-13-28(2)19-10-5-4-6-11-19/h4-6,10-11,15,17-18H,3,7-9,12-14,16H2,1-2H3,(H,25,30)/t18-/m0/s1. The van der Waals surface area contributed by atoms with Gasteiger partial charge in [-0.05, 0) is 43.9 Å². The zero-order valence-corrected chi connectivity index (χ0v) is 19.2. The van der Waals surface area contributed by atoms with Gasteiger partial charge in [0.1, 0.15) is 17.0 Å². The van der Waals surface area contributed by atoms with Gasteiger partial charge in [-0.25, -0.2) is 9.97 Å². The normalized spacial score (nSPS) is 16.5. The summed E-state index contributed by atoms with van der Waals surface area (Å²) in [6, 6.07) is 12.5. The van der Waals surface area contributed by atoms with Crippen molar-refractivity contribution in [3.05, 3.63) is 47.6 Å². The third kappa shape index (κ3) is 5.15. The predicted octanol–water partition coefficient (Wildman–Crippen LogP) is 4.11. The molecular formula is C24H31N5OS. The quantitative estimate of drug-likeness (QED) is 0.537. The summed E-state index contributed by atoms with van der Waals surface area (Å²) >= 11 is 1.74. The Morgan fingerprint density at radius 2 is 2.13 bits per heavy atom. The van der Waals surface area contributed by atoms with Gasteiger partial charge in [0.2, 0.25) is 5.91 Å². The van der Waals surface area contributed by atoms with E-state index in [4.69, 9.17) is 0 Å². The number of carbonyl (C=O) groups is 1. The largest absolute Gasteiger partial charge is 0.375 e. The number of rotatable bonds is 8. The van der Waals surface area contributed by atoms with Gasteiger partial charge in [-0.3, -0.25) is 4.79 Å². The number of nitrogens with zero attached hydrogens (tertiary/aromatic N) is 4. The monoisotopic (exact) mass is 437 g/mol. The van der Waals surface area contributed by atoms with Crippen molar-refractivity contribution in [1.82, 2.24) is 15.3 Å². The van der Waals surface area contributed by atoms with Crippen molar-refractivity contribution in [1.29, 1.82) is 0 Å². The highest BCUT2D eigenvalue weighted by molar-refractivity contribution is 7.18. The van der Waals surface area contributed by atoms with Crippen molar-refractivity contribution in [2.24, 2.45) is 5.92 Å². The minimum Gasteiger partial charge on any atom is -0.375 e. The van der Waals surface area contributed by atoms with Crippen LogP contribution in [-0.4, -0.2) is 49.1 Å². The topological polar surface area (TPSA) is 61.4 Å². The number of hydrogen-bond acceptors (Lipinski definition) is 6. The van der Waals surface area contributed by atoms with E-state index in [-0.39, 0.29) is 11.8 Å². The van der Waals surface area contributed by atoms with Crippen molar-refractivity contribution in [2.45, 2.75) is 32.6 Å². The Morgan fingerprint density at radius 1 is 1.29 bits per heavy atom. The lowest BCUT2D eigenvalue weighted by atomic mass is 9.97. The van der Waals surface area contributed by atoms with Gasteiger partial charge in [0.15, 0.2) is 0 Å². The fourth-order valence-corrected chi connectivity index (χ4v) is 5.12. The summed E-state index contributed by atoms with van der Waals surface area (Å²) in [4.78, 5) is 28.7. The molecule has 0 unspecified atom stereocenters. The van der Waals surface area contributed by atoms with Gasteiger partial charge in [-0.15, -0.1) is 11.3 Å². The molecule has 0 saturated carbocycles. The van der Waals surface area contributed by atoms with Gasteiger partial charge in [0.25, 0.3) is 0 Å². The van der Waals surface area contributed by atoms with E-state index in [1.165, 1.54) is 10.6 Å². The van der Waals surface area contributed by atoms with E-state index < -0.39 is 0 Å². The van der Waals surface area contributed by atoms with Crippen molar-refractivity contribution in [3.63, 3.8) is 0 Å². The summed E-state index contributed by atoms with van der Waals surface area (Å²) in [7, 11) is 2.09.